The fourth-order valence-corrected chi connectivity index (χ4v) is 2.51. The molecule has 0 bridgehead atoms. The third-order valence-electron chi connectivity index (χ3n) is 3.58. The van der Waals surface area contributed by atoms with Crippen LogP contribution in [0.2, 0.25) is 0 Å². The molecular weight excluding hydrogens is 354 g/mol. The summed E-state index contributed by atoms with van der Waals surface area (Å²) in [6.07, 6.45) is -0.571. The Kier molecular flexibility index (Phi) is 5.83. The van der Waals surface area contributed by atoms with Crippen LogP contribution in [0, 0.1) is 6.92 Å². The highest BCUT2D eigenvalue weighted by molar-refractivity contribution is 9.10. The zero-order valence-corrected chi connectivity index (χ0v) is 15.5. The molecule has 23 heavy (non-hydrogen) atoms. The van der Waals surface area contributed by atoms with Gasteiger partial charge in [-0.2, -0.15) is 0 Å². The molecule has 2 aromatic rings. The van der Waals surface area contributed by atoms with Crippen molar-refractivity contribution in [2.45, 2.75) is 39.7 Å². The molecule has 0 aliphatic heterocycles. The SMILES string of the molecule is Cc1ccc(C(C)C)c(O[C@H](C)C(=O)Nc2ccc(Br)cc2)c1. The monoisotopic (exact) mass is 375 g/mol. The molecule has 0 saturated heterocycles. The Labute approximate surface area is 146 Å². The van der Waals surface area contributed by atoms with E-state index >= 15 is 0 Å². The number of carbonyl (C=O) groups is 1. The summed E-state index contributed by atoms with van der Waals surface area (Å²) >= 11 is 3.38. The predicted molar refractivity (Wildman–Crippen MR) is 98.1 cm³/mol. The van der Waals surface area contributed by atoms with Gasteiger partial charge >= 0.3 is 0 Å². The minimum absolute atomic E-state index is 0.163. The highest BCUT2D eigenvalue weighted by atomic mass is 79.9. The maximum Gasteiger partial charge on any atom is 0.265 e. The second kappa shape index (κ2) is 7.64. The van der Waals surface area contributed by atoms with E-state index in [0.717, 1.165) is 27.0 Å². The fraction of sp³-hybridized carbons (Fsp3) is 0.316. The van der Waals surface area contributed by atoms with Gasteiger partial charge in [-0.1, -0.05) is 41.9 Å². The van der Waals surface area contributed by atoms with E-state index < -0.39 is 6.10 Å². The van der Waals surface area contributed by atoms with Crippen molar-refractivity contribution in [3.05, 3.63) is 58.1 Å². The van der Waals surface area contributed by atoms with Crippen molar-refractivity contribution in [2.24, 2.45) is 0 Å². The molecule has 2 rings (SSSR count). The van der Waals surface area contributed by atoms with Gasteiger partial charge in [-0.05, 0) is 61.2 Å². The molecule has 0 unspecified atom stereocenters. The van der Waals surface area contributed by atoms with Crippen molar-refractivity contribution in [2.75, 3.05) is 5.32 Å². The summed E-state index contributed by atoms with van der Waals surface area (Å²) in [4.78, 5) is 12.3. The number of halogens is 1. The normalized spacial score (nSPS) is 12.1. The quantitative estimate of drug-likeness (QED) is 0.770. The van der Waals surface area contributed by atoms with Crippen LogP contribution < -0.4 is 10.1 Å². The van der Waals surface area contributed by atoms with Crippen molar-refractivity contribution >= 4 is 27.5 Å². The van der Waals surface area contributed by atoms with Crippen LogP contribution in [-0.4, -0.2) is 12.0 Å². The van der Waals surface area contributed by atoms with Gasteiger partial charge in [0.2, 0.25) is 0 Å². The van der Waals surface area contributed by atoms with Gasteiger partial charge in [0.1, 0.15) is 5.75 Å². The van der Waals surface area contributed by atoms with E-state index in [0.29, 0.717) is 5.92 Å². The molecule has 0 saturated carbocycles. The summed E-state index contributed by atoms with van der Waals surface area (Å²) in [5.41, 5.74) is 2.98. The van der Waals surface area contributed by atoms with Crippen molar-refractivity contribution in [1.82, 2.24) is 0 Å². The number of rotatable bonds is 5. The van der Waals surface area contributed by atoms with Gasteiger partial charge in [-0.15, -0.1) is 0 Å². The van der Waals surface area contributed by atoms with E-state index in [1.54, 1.807) is 6.92 Å². The van der Waals surface area contributed by atoms with Gasteiger partial charge in [0.25, 0.3) is 5.91 Å². The van der Waals surface area contributed by atoms with Gasteiger partial charge in [0.15, 0.2) is 6.10 Å². The number of hydrogen-bond donors (Lipinski definition) is 1. The number of nitrogens with one attached hydrogen (secondary N) is 1. The Hall–Kier alpha value is -1.81. The van der Waals surface area contributed by atoms with Gasteiger partial charge in [-0.3, -0.25) is 4.79 Å². The highest BCUT2D eigenvalue weighted by Gasteiger charge is 2.17. The number of benzene rings is 2. The maximum atomic E-state index is 12.3. The third-order valence-corrected chi connectivity index (χ3v) is 4.10. The highest BCUT2D eigenvalue weighted by Crippen LogP contribution is 2.28. The van der Waals surface area contributed by atoms with E-state index in [2.05, 4.69) is 47.2 Å². The molecular formula is C19H22BrNO2. The van der Waals surface area contributed by atoms with Crippen LogP contribution in [0.3, 0.4) is 0 Å². The number of anilines is 1. The van der Waals surface area contributed by atoms with Crippen LogP contribution in [0.1, 0.15) is 37.8 Å². The fourth-order valence-electron chi connectivity index (χ4n) is 2.24. The molecule has 0 heterocycles. The first-order chi connectivity index (χ1) is 10.9. The lowest BCUT2D eigenvalue weighted by atomic mass is 10.0. The molecule has 1 atom stereocenters. The summed E-state index contributed by atoms with van der Waals surface area (Å²) in [5.74, 6) is 0.953. The third kappa shape index (κ3) is 4.83. The first kappa shape index (κ1) is 17.5. The number of carbonyl (C=O) groups excluding carboxylic acids is 1. The Bertz CT molecular complexity index is 680. The Morgan fingerprint density at radius 2 is 1.74 bits per heavy atom. The van der Waals surface area contributed by atoms with Gasteiger partial charge < -0.3 is 10.1 Å². The molecule has 0 spiro atoms. The van der Waals surface area contributed by atoms with E-state index in [4.69, 9.17) is 4.74 Å². The summed E-state index contributed by atoms with van der Waals surface area (Å²) in [7, 11) is 0. The van der Waals surface area contributed by atoms with E-state index in [1.807, 2.05) is 37.3 Å². The van der Waals surface area contributed by atoms with Crippen LogP contribution in [0.5, 0.6) is 5.75 Å². The average molecular weight is 376 g/mol. The Morgan fingerprint density at radius 3 is 2.35 bits per heavy atom. The predicted octanol–water partition coefficient (Wildman–Crippen LogP) is 5.29. The van der Waals surface area contributed by atoms with Crippen molar-refractivity contribution < 1.29 is 9.53 Å². The van der Waals surface area contributed by atoms with E-state index in [1.165, 1.54) is 0 Å². The molecule has 4 heteroatoms. The van der Waals surface area contributed by atoms with Crippen molar-refractivity contribution in [3.8, 4) is 5.75 Å². The molecule has 0 radical (unpaired) electrons. The second-order valence-electron chi connectivity index (χ2n) is 5.95. The first-order valence-corrected chi connectivity index (χ1v) is 8.49. The van der Waals surface area contributed by atoms with Crippen LogP contribution in [-0.2, 0) is 4.79 Å². The molecule has 0 aliphatic rings. The topological polar surface area (TPSA) is 38.3 Å². The van der Waals surface area contributed by atoms with Gasteiger partial charge in [0, 0.05) is 10.2 Å². The first-order valence-electron chi connectivity index (χ1n) is 7.70. The van der Waals surface area contributed by atoms with Gasteiger partial charge in [0.05, 0.1) is 0 Å². The minimum Gasteiger partial charge on any atom is -0.481 e. The average Bonchev–Trinajstić information content (AvgIpc) is 2.49. The van der Waals surface area contributed by atoms with Crippen molar-refractivity contribution in [3.63, 3.8) is 0 Å². The van der Waals surface area contributed by atoms with E-state index in [9.17, 15) is 4.79 Å². The summed E-state index contributed by atoms with van der Waals surface area (Å²) < 4.78 is 6.90. The molecule has 3 nitrogen and oxygen atoms in total. The lowest BCUT2D eigenvalue weighted by molar-refractivity contribution is -0.122. The lowest BCUT2D eigenvalue weighted by Crippen LogP contribution is -2.30. The summed E-state index contributed by atoms with van der Waals surface area (Å²) in [6.45, 7) is 8.01. The molecule has 1 amide bonds. The molecule has 0 fully saturated rings. The standard InChI is InChI=1S/C19H22BrNO2/c1-12(2)17-10-5-13(3)11-18(17)23-14(4)19(22)21-16-8-6-15(20)7-9-16/h5-12,14H,1-4H3,(H,21,22)/t14-/m1/s1. The minimum atomic E-state index is -0.571. The van der Waals surface area contributed by atoms with Crippen LogP contribution >= 0.6 is 15.9 Å². The lowest BCUT2D eigenvalue weighted by Gasteiger charge is -2.19. The second-order valence-corrected chi connectivity index (χ2v) is 6.87. The van der Waals surface area contributed by atoms with E-state index in [-0.39, 0.29) is 5.91 Å². The molecule has 1 N–H and O–H groups in total. The Morgan fingerprint density at radius 1 is 1.09 bits per heavy atom. The zero-order chi connectivity index (χ0) is 17.0. The van der Waals surface area contributed by atoms with Crippen LogP contribution in [0.15, 0.2) is 46.9 Å². The van der Waals surface area contributed by atoms with Crippen LogP contribution in [0.25, 0.3) is 0 Å². The smallest absolute Gasteiger partial charge is 0.265 e. The number of hydrogen-bond acceptors (Lipinski definition) is 2. The molecule has 122 valence electrons. The zero-order valence-electron chi connectivity index (χ0n) is 13.9. The number of ether oxygens (including phenoxy) is 1. The molecule has 0 aliphatic carbocycles. The maximum absolute atomic E-state index is 12.3. The van der Waals surface area contributed by atoms with Crippen molar-refractivity contribution in [1.29, 1.82) is 0 Å². The number of aryl methyl sites for hydroxylation is 1. The largest absolute Gasteiger partial charge is 0.481 e. The van der Waals surface area contributed by atoms with Gasteiger partial charge in [-0.25, -0.2) is 0 Å². The molecule has 2 aromatic carbocycles. The van der Waals surface area contributed by atoms with Crippen LogP contribution in [0.4, 0.5) is 5.69 Å². The summed E-state index contributed by atoms with van der Waals surface area (Å²) in [6, 6.07) is 13.6. The molecule has 0 aromatic heterocycles. The Balaban J connectivity index is 2.09. The number of amides is 1. The summed E-state index contributed by atoms with van der Waals surface area (Å²) in [5, 5.41) is 2.87.